The van der Waals surface area contributed by atoms with Crippen LogP contribution >= 0.6 is 0 Å². The van der Waals surface area contributed by atoms with Gasteiger partial charge in [-0.15, -0.1) is 5.10 Å². The molecule has 5 aromatic rings. The van der Waals surface area contributed by atoms with Crippen LogP contribution in [0.1, 0.15) is 52.0 Å². The Morgan fingerprint density at radius 3 is 2.53 bits per heavy atom. The van der Waals surface area contributed by atoms with Gasteiger partial charge in [0.2, 0.25) is 12.3 Å². The Morgan fingerprint density at radius 2 is 1.76 bits per heavy atom. The Morgan fingerprint density at radius 1 is 0.914 bits per heavy atom. The van der Waals surface area contributed by atoms with Gasteiger partial charge in [0, 0.05) is 74.1 Å². The molecule has 0 saturated heterocycles. The molecule has 0 saturated carbocycles. The number of hydrogen-bond donors (Lipinski definition) is 3. The van der Waals surface area contributed by atoms with Gasteiger partial charge in [-0.05, 0) is 49.1 Å². The third-order valence-corrected chi connectivity index (χ3v) is 9.07. The number of amides is 3. The number of ether oxygens (including phenoxy) is 2. The number of pyridine rings is 2. The van der Waals surface area contributed by atoms with Crippen LogP contribution in [0.15, 0.2) is 91.5 Å². The van der Waals surface area contributed by atoms with Gasteiger partial charge in [-0.3, -0.25) is 28.9 Å². The first-order chi connectivity index (χ1) is 28.4. The Balaban J connectivity index is 1.02. The molecule has 0 fully saturated rings. The minimum absolute atomic E-state index is 0.0206. The smallest absolute Gasteiger partial charge is 0.263 e. The molecule has 58 heavy (non-hydrogen) atoms. The highest BCUT2D eigenvalue weighted by Crippen LogP contribution is 2.25. The molecule has 3 N–H and O–H groups in total. The van der Waals surface area contributed by atoms with Crippen LogP contribution in [0.2, 0.25) is 0 Å². The fraction of sp³-hybridized carbons (Fsp3) is 0.302. The molecule has 302 valence electrons. The maximum atomic E-state index is 13.5. The number of anilines is 2. The molecule has 0 bridgehead atoms. The van der Waals surface area contributed by atoms with Crippen molar-refractivity contribution in [1.29, 1.82) is 0 Å². The van der Waals surface area contributed by atoms with Gasteiger partial charge in [0.1, 0.15) is 23.8 Å². The predicted molar refractivity (Wildman–Crippen MR) is 221 cm³/mol. The second-order valence-electron chi connectivity index (χ2n) is 13.2. The fourth-order valence-electron chi connectivity index (χ4n) is 6.09. The van der Waals surface area contributed by atoms with Crippen molar-refractivity contribution < 1.29 is 28.7 Å². The van der Waals surface area contributed by atoms with E-state index in [1.165, 1.54) is 7.05 Å². The van der Waals surface area contributed by atoms with Crippen molar-refractivity contribution in [2.45, 2.75) is 45.4 Å². The van der Waals surface area contributed by atoms with E-state index >= 15 is 0 Å². The monoisotopic (exact) mass is 787 g/mol. The van der Waals surface area contributed by atoms with E-state index in [0.29, 0.717) is 69.1 Å². The molecule has 15 nitrogen and oxygen atoms in total. The molecule has 1 unspecified atom stereocenters. The number of imide groups is 1. The summed E-state index contributed by atoms with van der Waals surface area (Å²) in [7, 11) is 1.41. The molecule has 3 heterocycles. The first-order valence-corrected chi connectivity index (χ1v) is 19.1. The summed E-state index contributed by atoms with van der Waals surface area (Å²) in [5.41, 5.74) is 6.15. The average molecular weight is 788 g/mol. The van der Waals surface area contributed by atoms with E-state index in [2.05, 4.69) is 61.6 Å². The van der Waals surface area contributed by atoms with Gasteiger partial charge in [0.25, 0.3) is 5.91 Å². The highest BCUT2D eigenvalue weighted by atomic mass is 16.5. The molecule has 3 aromatic heterocycles. The maximum Gasteiger partial charge on any atom is 0.263 e. The number of aldehydes is 1. The third kappa shape index (κ3) is 12.5. The predicted octanol–water partition coefficient (Wildman–Crippen LogP) is 5.05. The second kappa shape index (κ2) is 22.8. The lowest BCUT2D eigenvalue weighted by Crippen LogP contribution is -2.48. The molecule has 0 radical (unpaired) electrons. The molecule has 5 rings (SSSR count). The van der Waals surface area contributed by atoms with Crippen LogP contribution in [0.4, 0.5) is 11.5 Å². The van der Waals surface area contributed by atoms with Crippen molar-refractivity contribution in [2.75, 3.05) is 50.6 Å². The summed E-state index contributed by atoms with van der Waals surface area (Å²) in [4.78, 5) is 58.8. The summed E-state index contributed by atoms with van der Waals surface area (Å²) in [6.07, 6.45) is 13.3. The molecule has 0 aliphatic heterocycles. The van der Waals surface area contributed by atoms with E-state index in [-0.39, 0.29) is 25.0 Å². The number of aromatic nitrogens is 5. The summed E-state index contributed by atoms with van der Waals surface area (Å²) >= 11 is 0. The van der Waals surface area contributed by atoms with Crippen LogP contribution in [0, 0.1) is 6.92 Å². The number of carbonyl (C=O) groups is 4. The first kappa shape index (κ1) is 42.6. The minimum atomic E-state index is -1.11. The van der Waals surface area contributed by atoms with Crippen LogP contribution in [0.5, 0.6) is 0 Å². The van der Waals surface area contributed by atoms with E-state index < -0.39 is 17.9 Å². The highest BCUT2D eigenvalue weighted by molar-refractivity contribution is 6.07. The zero-order valence-corrected chi connectivity index (χ0v) is 32.8. The molecule has 15 heteroatoms. The number of nitrogens with zero attached hydrogens (tertiary/aromatic N) is 6. The number of carbonyl (C=O) groups excluding carboxylic acids is 4. The Hall–Kier alpha value is -6.58. The molecule has 0 aliphatic carbocycles. The van der Waals surface area contributed by atoms with Gasteiger partial charge in [-0.1, -0.05) is 65.9 Å². The van der Waals surface area contributed by atoms with Gasteiger partial charge in [-0.2, -0.15) is 0 Å². The van der Waals surface area contributed by atoms with Crippen molar-refractivity contribution >= 4 is 48.2 Å². The van der Waals surface area contributed by atoms with Crippen molar-refractivity contribution in [3.8, 4) is 11.1 Å². The van der Waals surface area contributed by atoms with Crippen LogP contribution in [0.25, 0.3) is 23.3 Å². The average Bonchev–Trinajstić information content (AvgIpc) is 3.71. The molecule has 3 amide bonds. The van der Waals surface area contributed by atoms with Crippen LogP contribution in [0.3, 0.4) is 0 Å². The van der Waals surface area contributed by atoms with Crippen LogP contribution in [-0.4, -0.2) is 100 Å². The number of aryl methyl sites for hydroxylation is 2. The van der Waals surface area contributed by atoms with Gasteiger partial charge in [0.15, 0.2) is 0 Å². The van der Waals surface area contributed by atoms with E-state index in [1.54, 1.807) is 36.0 Å². The zero-order chi connectivity index (χ0) is 41.0. The zero-order valence-electron chi connectivity index (χ0n) is 32.8. The van der Waals surface area contributed by atoms with E-state index in [0.717, 1.165) is 39.4 Å². The topological polar surface area (TPSA) is 183 Å². The Labute approximate surface area is 337 Å². The highest BCUT2D eigenvalue weighted by Gasteiger charge is 2.31. The van der Waals surface area contributed by atoms with Crippen LogP contribution in [-0.2, 0) is 37.0 Å². The third-order valence-electron chi connectivity index (χ3n) is 9.07. The summed E-state index contributed by atoms with van der Waals surface area (Å²) in [5, 5.41) is 17.6. The minimum Gasteiger partial charge on any atom is -0.382 e. The molecule has 2 aromatic carbocycles. The number of hydrogen-bond acceptors (Lipinski definition) is 12. The van der Waals surface area contributed by atoms with Crippen molar-refractivity contribution in [3.63, 3.8) is 0 Å². The molecular weight excluding hydrogens is 739 g/mol. The lowest BCUT2D eigenvalue weighted by Gasteiger charge is -2.26. The standard InChI is InChI=1S/C43H49N9O6/c1-32-10-6-14-38(40(32)43(56)52(31-54)39(15-8-22-53)42(55)44-2)46-20-23-57-24-25-58-30-37-29-51(50-49-37)21-9-19-47-41-34(17-16-33-11-4-3-5-12-33)26-36(28-48-41)35-13-7-18-45-27-35/h3-7,10-14,16-18,22,26-29,31,39,46H,8-9,15,19-21,23-25,30H2,1-2H3,(H,44,55)(H,47,48)/b17-16+. The van der Waals surface area contributed by atoms with E-state index in [1.807, 2.05) is 48.9 Å². The van der Waals surface area contributed by atoms with Crippen molar-refractivity contribution in [1.82, 2.24) is 35.2 Å². The Kier molecular flexibility index (Phi) is 16.8. The lowest BCUT2D eigenvalue weighted by molar-refractivity contribution is -0.131. The van der Waals surface area contributed by atoms with E-state index in [4.69, 9.17) is 14.5 Å². The quantitative estimate of drug-likeness (QED) is 0.0560. The van der Waals surface area contributed by atoms with Crippen molar-refractivity contribution in [2.24, 2.45) is 0 Å². The number of likely N-dealkylation sites (N-methyl/N-ethyl adjacent to an activating group) is 1. The summed E-state index contributed by atoms with van der Waals surface area (Å²) in [5.74, 6) is -0.378. The molecule has 0 spiro atoms. The molecule has 1 atom stereocenters. The van der Waals surface area contributed by atoms with Gasteiger partial charge >= 0.3 is 0 Å². The number of rotatable bonds is 24. The number of benzene rings is 2. The normalized spacial score (nSPS) is 11.6. The summed E-state index contributed by atoms with van der Waals surface area (Å²) in [6.45, 7) is 4.75. The van der Waals surface area contributed by atoms with Gasteiger partial charge < -0.3 is 30.2 Å². The van der Waals surface area contributed by atoms with E-state index in [9.17, 15) is 19.2 Å². The van der Waals surface area contributed by atoms with Crippen LogP contribution < -0.4 is 16.0 Å². The van der Waals surface area contributed by atoms with Gasteiger partial charge in [-0.25, -0.2) is 4.98 Å². The SMILES string of the molecule is CNC(=O)C(CCC=O)N(C=O)C(=O)c1c(C)cccc1NCCOCCOCc1cn(CCCNc2ncc(-c3cccnc3)cc2/C=C/c2ccccc2)nn1. The molecular formula is C43H49N9O6. The maximum absolute atomic E-state index is 13.5. The Bertz CT molecular complexity index is 2110. The summed E-state index contributed by atoms with van der Waals surface area (Å²) < 4.78 is 13.3. The second-order valence-corrected chi connectivity index (χ2v) is 13.2. The van der Waals surface area contributed by atoms with Gasteiger partial charge in [0.05, 0.1) is 38.2 Å². The summed E-state index contributed by atoms with van der Waals surface area (Å²) in [6, 6.07) is 20.3. The fourth-order valence-corrected chi connectivity index (χ4v) is 6.09. The molecule has 0 aliphatic rings. The number of nitrogens with one attached hydrogen (secondary N) is 3. The lowest BCUT2D eigenvalue weighted by atomic mass is 10.0. The largest absolute Gasteiger partial charge is 0.382 e. The van der Waals surface area contributed by atoms with Crippen molar-refractivity contribution in [3.05, 3.63) is 119 Å². The first-order valence-electron chi connectivity index (χ1n) is 19.1.